The molecule has 7 nitrogen and oxygen atoms in total. The van der Waals surface area contributed by atoms with E-state index in [4.69, 9.17) is 5.73 Å². The van der Waals surface area contributed by atoms with Crippen molar-refractivity contribution < 1.29 is 22.4 Å². The summed E-state index contributed by atoms with van der Waals surface area (Å²) in [6, 6.07) is 5.34. The van der Waals surface area contributed by atoms with E-state index in [2.05, 4.69) is 11.6 Å². The van der Waals surface area contributed by atoms with Crippen molar-refractivity contribution in [1.82, 2.24) is 14.5 Å². The number of piperazine rings is 1. The van der Waals surface area contributed by atoms with Crippen molar-refractivity contribution >= 4 is 34.4 Å². The molecule has 12 heteroatoms. The number of aromatic nitrogens is 2. The molecule has 2 aliphatic rings. The molecule has 0 saturated carbocycles. The van der Waals surface area contributed by atoms with E-state index in [1.165, 1.54) is 22.8 Å². The highest BCUT2D eigenvalue weighted by atomic mass is 32.2. The van der Waals surface area contributed by atoms with Crippen LogP contribution < -0.4 is 16.3 Å². The molecule has 2 aliphatic heterocycles. The van der Waals surface area contributed by atoms with E-state index < -0.39 is 29.3 Å². The molecule has 2 aromatic carbocycles. The zero-order valence-electron chi connectivity index (χ0n) is 19.6. The highest BCUT2D eigenvalue weighted by Crippen LogP contribution is 2.48. The van der Waals surface area contributed by atoms with Crippen LogP contribution in [0.15, 0.2) is 52.7 Å². The molecule has 5 rings (SSSR count). The van der Waals surface area contributed by atoms with Gasteiger partial charge < -0.3 is 15.5 Å². The van der Waals surface area contributed by atoms with Crippen molar-refractivity contribution in [3.8, 4) is 11.1 Å². The Bertz CT molecular complexity index is 1450. The Morgan fingerprint density at radius 3 is 2.46 bits per heavy atom. The number of thioether (sulfide) groups is 1. The largest absolute Gasteiger partial charge is 0.417 e. The van der Waals surface area contributed by atoms with E-state index in [0.717, 1.165) is 30.0 Å². The Hall–Kier alpha value is -3.38. The van der Waals surface area contributed by atoms with Crippen LogP contribution in [0, 0.1) is 5.82 Å². The molecule has 194 valence electrons. The normalized spacial score (nSPS) is 18.1. The van der Waals surface area contributed by atoms with Gasteiger partial charge in [-0.05, 0) is 29.8 Å². The van der Waals surface area contributed by atoms with Gasteiger partial charge in [-0.3, -0.25) is 9.36 Å². The lowest BCUT2D eigenvalue weighted by Crippen LogP contribution is -2.49. The van der Waals surface area contributed by atoms with Crippen LogP contribution in [0.3, 0.4) is 0 Å². The highest BCUT2D eigenvalue weighted by molar-refractivity contribution is 7.99. The highest BCUT2D eigenvalue weighted by Gasteiger charge is 2.38. The van der Waals surface area contributed by atoms with Crippen molar-refractivity contribution in [1.29, 1.82) is 0 Å². The van der Waals surface area contributed by atoms with Gasteiger partial charge in [0.25, 0.3) is 0 Å². The molecular weight excluding hydrogens is 510 g/mol. The van der Waals surface area contributed by atoms with Crippen LogP contribution in [0.2, 0.25) is 0 Å². The monoisotopic (exact) mass is 533 g/mol. The van der Waals surface area contributed by atoms with Gasteiger partial charge in [0.2, 0.25) is 5.91 Å². The first-order valence-corrected chi connectivity index (χ1v) is 12.6. The van der Waals surface area contributed by atoms with Gasteiger partial charge in [0.15, 0.2) is 0 Å². The molecule has 2 N–H and O–H groups in total. The molecule has 1 saturated heterocycles. The fraction of sp³-hybridized carbons (Fsp3) is 0.320. The lowest BCUT2D eigenvalue weighted by Gasteiger charge is -2.35. The van der Waals surface area contributed by atoms with Gasteiger partial charge >= 0.3 is 11.9 Å². The summed E-state index contributed by atoms with van der Waals surface area (Å²) in [4.78, 5) is 33.0. The number of halogens is 4. The maximum absolute atomic E-state index is 14.5. The predicted molar refractivity (Wildman–Crippen MR) is 134 cm³/mol. The first kappa shape index (κ1) is 25.3. The Kier molecular flexibility index (Phi) is 6.48. The number of alkyl halides is 3. The van der Waals surface area contributed by atoms with Crippen LogP contribution in [0.4, 0.5) is 23.4 Å². The van der Waals surface area contributed by atoms with E-state index in [1.54, 1.807) is 9.80 Å². The molecule has 0 spiro atoms. The lowest BCUT2D eigenvalue weighted by atomic mass is 9.96. The third-order valence-electron chi connectivity index (χ3n) is 6.56. The number of amides is 1. The Morgan fingerprint density at radius 1 is 1.16 bits per heavy atom. The van der Waals surface area contributed by atoms with Crippen LogP contribution in [0.1, 0.15) is 5.56 Å². The summed E-state index contributed by atoms with van der Waals surface area (Å²) in [6.45, 7) is 4.77. The van der Waals surface area contributed by atoms with E-state index in [0.29, 0.717) is 18.6 Å². The number of hydrogen-bond acceptors (Lipinski definition) is 6. The standard InChI is InChI=1S/C25H23F4N5O2S/c1-2-19(35)32-7-9-33(10-8-32)23-17-11-18(25(27,28)29)20(14-3-5-15(26)6-4-14)22-21(17)34(24(36)31-23)12-16(30)13-37-22/h2-6,11,16H,1,7-10,12-13,30H2. The van der Waals surface area contributed by atoms with E-state index >= 15 is 0 Å². The Balaban J connectivity index is 1.79. The number of carbonyl (C=O) groups excluding carboxylic acids is 1. The summed E-state index contributed by atoms with van der Waals surface area (Å²) in [7, 11) is 0. The maximum atomic E-state index is 14.5. The van der Waals surface area contributed by atoms with Crippen molar-refractivity contribution in [2.45, 2.75) is 23.7 Å². The first-order chi connectivity index (χ1) is 17.6. The zero-order valence-corrected chi connectivity index (χ0v) is 20.4. The summed E-state index contributed by atoms with van der Waals surface area (Å²) in [5.74, 6) is -0.398. The second-order valence-corrected chi connectivity index (χ2v) is 9.98. The number of nitrogens with two attached hydrogens (primary N) is 1. The van der Waals surface area contributed by atoms with Crippen molar-refractivity contribution in [3.63, 3.8) is 0 Å². The summed E-state index contributed by atoms with van der Waals surface area (Å²) < 4.78 is 58.5. The van der Waals surface area contributed by atoms with Crippen LogP contribution in [-0.4, -0.2) is 58.3 Å². The number of hydrogen-bond donors (Lipinski definition) is 1. The number of benzene rings is 2. The van der Waals surface area contributed by atoms with Gasteiger partial charge in [-0.2, -0.15) is 18.2 Å². The molecular formula is C25H23F4N5O2S. The average Bonchev–Trinajstić information content (AvgIpc) is 3.05. The van der Waals surface area contributed by atoms with Gasteiger partial charge in [-0.15, -0.1) is 11.8 Å². The van der Waals surface area contributed by atoms with Gasteiger partial charge in [-0.1, -0.05) is 18.7 Å². The lowest BCUT2D eigenvalue weighted by molar-refractivity contribution is -0.137. The maximum Gasteiger partial charge on any atom is 0.417 e. The van der Waals surface area contributed by atoms with Crippen molar-refractivity contribution in [2.75, 3.05) is 36.8 Å². The Morgan fingerprint density at radius 2 is 1.84 bits per heavy atom. The summed E-state index contributed by atoms with van der Waals surface area (Å²) in [6.07, 6.45) is -3.53. The molecule has 1 aromatic heterocycles. The topological polar surface area (TPSA) is 84.5 Å². The minimum Gasteiger partial charge on any atom is -0.352 e. The van der Waals surface area contributed by atoms with Crippen molar-refractivity contribution in [2.24, 2.45) is 5.73 Å². The fourth-order valence-electron chi connectivity index (χ4n) is 4.82. The second-order valence-electron chi connectivity index (χ2n) is 8.95. The van der Waals surface area contributed by atoms with Crippen molar-refractivity contribution in [3.05, 3.63) is 64.9 Å². The molecule has 37 heavy (non-hydrogen) atoms. The fourth-order valence-corrected chi connectivity index (χ4v) is 6.03. The summed E-state index contributed by atoms with van der Waals surface area (Å²) in [5, 5.41) is 0.179. The molecule has 1 unspecified atom stereocenters. The van der Waals surface area contributed by atoms with Gasteiger partial charge in [-0.25, -0.2) is 9.18 Å². The number of anilines is 1. The minimum absolute atomic E-state index is 0.0957. The summed E-state index contributed by atoms with van der Waals surface area (Å²) in [5.41, 5.74) is 5.06. The molecule has 3 heterocycles. The molecule has 1 amide bonds. The number of nitrogens with zero attached hydrogens (tertiary/aromatic N) is 4. The van der Waals surface area contributed by atoms with Crippen LogP contribution in [0.25, 0.3) is 22.0 Å². The average molecular weight is 534 g/mol. The quantitative estimate of drug-likeness (QED) is 0.410. The van der Waals surface area contributed by atoms with Crippen LogP contribution in [0.5, 0.6) is 0 Å². The van der Waals surface area contributed by atoms with E-state index in [9.17, 15) is 27.2 Å². The third kappa shape index (κ3) is 4.59. The van der Waals surface area contributed by atoms with Crippen LogP contribution in [-0.2, 0) is 17.5 Å². The third-order valence-corrected chi connectivity index (χ3v) is 7.84. The zero-order chi connectivity index (χ0) is 26.5. The Labute approximate surface area is 213 Å². The van der Waals surface area contributed by atoms with E-state index in [-0.39, 0.29) is 58.5 Å². The minimum atomic E-state index is -4.74. The van der Waals surface area contributed by atoms with Gasteiger partial charge in [0, 0.05) is 60.4 Å². The summed E-state index contributed by atoms with van der Waals surface area (Å²) >= 11 is 1.15. The number of rotatable bonds is 3. The van der Waals surface area contributed by atoms with Crippen LogP contribution >= 0.6 is 11.8 Å². The SMILES string of the molecule is C=CC(=O)N1CCN(c2nc(=O)n3c4c(c(-c5ccc(F)cc5)c(C(F)(F)F)cc24)SCC(N)C3)CC1. The molecule has 0 aliphatic carbocycles. The molecule has 3 aromatic rings. The van der Waals surface area contributed by atoms with E-state index in [1.807, 2.05) is 0 Å². The molecule has 0 radical (unpaired) electrons. The number of carbonyl (C=O) groups is 1. The second kappa shape index (κ2) is 9.49. The smallest absolute Gasteiger partial charge is 0.352 e. The first-order valence-electron chi connectivity index (χ1n) is 11.6. The predicted octanol–water partition coefficient (Wildman–Crippen LogP) is 3.49. The molecule has 0 bridgehead atoms. The molecule has 1 atom stereocenters. The van der Waals surface area contributed by atoms with Gasteiger partial charge in [0.05, 0.1) is 11.1 Å². The molecule has 1 fully saturated rings. The van der Waals surface area contributed by atoms with Gasteiger partial charge in [0.1, 0.15) is 11.6 Å².